The minimum Gasteiger partial charge on any atom is -0.497 e. The van der Waals surface area contributed by atoms with E-state index in [9.17, 15) is 5.26 Å². The number of nitrogens with one attached hydrogen (secondary N) is 1. The zero-order valence-electron chi connectivity index (χ0n) is 12.2. The predicted octanol–water partition coefficient (Wildman–Crippen LogP) is 2.71. The van der Waals surface area contributed by atoms with E-state index in [0.29, 0.717) is 5.75 Å². The molecule has 2 aromatic rings. The van der Waals surface area contributed by atoms with E-state index in [4.69, 9.17) is 9.47 Å². The van der Waals surface area contributed by atoms with Gasteiger partial charge in [-0.25, -0.2) is 0 Å². The number of hydrogen-bond donors (Lipinski definition) is 1. The lowest BCUT2D eigenvalue weighted by atomic mass is 9.92. The molecule has 21 heavy (non-hydrogen) atoms. The van der Waals surface area contributed by atoms with Crippen molar-refractivity contribution < 1.29 is 9.47 Å². The topological polar surface area (TPSA) is 54.3 Å². The Balaban J connectivity index is 2.19. The summed E-state index contributed by atoms with van der Waals surface area (Å²) in [5.41, 5.74) is -0.0115. The van der Waals surface area contributed by atoms with Crippen LogP contribution >= 0.6 is 0 Å². The Hall–Kier alpha value is -2.51. The first-order valence-electron chi connectivity index (χ1n) is 6.66. The van der Waals surface area contributed by atoms with Crippen LogP contribution in [0.4, 0.5) is 0 Å². The molecule has 0 spiro atoms. The number of nitriles is 1. The van der Waals surface area contributed by atoms with Crippen LogP contribution in [0, 0.1) is 11.3 Å². The molecule has 0 saturated heterocycles. The van der Waals surface area contributed by atoms with E-state index in [2.05, 4.69) is 11.4 Å². The van der Waals surface area contributed by atoms with E-state index in [1.165, 1.54) is 0 Å². The first-order chi connectivity index (χ1) is 10.2. The molecule has 4 heteroatoms. The van der Waals surface area contributed by atoms with E-state index < -0.39 is 5.54 Å². The summed E-state index contributed by atoms with van der Waals surface area (Å²) in [6.45, 7) is 0.206. The molecule has 0 aliphatic carbocycles. The maximum absolute atomic E-state index is 9.59. The number of nitrogens with zero attached hydrogens (tertiary/aromatic N) is 1. The van der Waals surface area contributed by atoms with Gasteiger partial charge in [0, 0.05) is 6.07 Å². The second-order valence-electron chi connectivity index (χ2n) is 4.60. The summed E-state index contributed by atoms with van der Waals surface area (Å²) >= 11 is 0. The largest absolute Gasteiger partial charge is 0.497 e. The number of methoxy groups -OCH3 is 1. The Labute approximate surface area is 124 Å². The number of hydrogen-bond acceptors (Lipinski definition) is 4. The number of likely N-dealkylation sites (N-methyl/N-ethyl adjacent to an activating group) is 1. The molecule has 1 atom stereocenters. The van der Waals surface area contributed by atoms with Gasteiger partial charge in [-0.05, 0) is 24.7 Å². The van der Waals surface area contributed by atoms with Gasteiger partial charge in [0.25, 0.3) is 0 Å². The Morgan fingerprint density at radius 1 is 1.10 bits per heavy atom. The fourth-order valence-electron chi connectivity index (χ4n) is 2.06. The van der Waals surface area contributed by atoms with Crippen molar-refractivity contribution in [1.82, 2.24) is 5.32 Å². The molecular formula is C17H18N2O2. The van der Waals surface area contributed by atoms with Crippen molar-refractivity contribution in [2.75, 3.05) is 20.8 Å². The molecule has 0 heterocycles. The summed E-state index contributed by atoms with van der Waals surface area (Å²) in [6, 6.07) is 19.2. The zero-order valence-corrected chi connectivity index (χ0v) is 12.2. The third-order valence-electron chi connectivity index (χ3n) is 3.38. The third kappa shape index (κ3) is 3.33. The molecule has 2 aromatic carbocycles. The van der Waals surface area contributed by atoms with Crippen molar-refractivity contribution in [3.05, 3.63) is 60.2 Å². The zero-order chi connectivity index (χ0) is 15.1. The quantitative estimate of drug-likeness (QED) is 0.885. The van der Waals surface area contributed by atoms with Crippen molar-refractivity contribution in [2.24, 2.45) is 0 Å². The standard InChI is InChI=1S/C17H18N2O2/c1-19-17(12-18,14-7-4-3-5-8-14)13-21-16-10-6-9-15(11-16)20-2/h3-11,19H,13H2,1-2H3. The van der Waals surface area contributed by atoms with Crippen LogP contribution in [0.5, 0.6) is 11.5 Å². The van der Waals surface area contributed by atoms with Gasteiger partial charge in [0.15, 0.2) is 5.54 Å². The van der Waals surface area contributed by atoms with Gasteiger partial charge in [-0.2, -0.15) is 5.26 Å². The molecule has 0 amide bonds. The van der Waals surface area contributed by atoms with Crippen LogP contribution in [-0.2, 0) is 5.54 Å². The van der Waals surface area contributed by atoms with Crippen LogP contribution in [0.3, 0.4) is 0 Å². The average molecular weight is 282 g/mol. The first kappa shape index (κ1) is 14.9. The molecule has 0 aliphatic heterocycles. The second kappa shape index (κ2) is 6.78. The molecule has 0 bridgehead atoms. The maximum Gasteiger partial charge on any atom is 0.166 e. The fourth-order valence-corrected chi connectivity index (χ4v) is 2.06. The molecule has 1 unspecified atom stereocenters. The minimum absolute atomic E-state index is 0.206. The van der Waals surface area contributed by atoms with Gasteiger partial charge in [0.2, 0.25) is 0 Å². The summed E-state index contributed by atoms with van der Waals surface area (Å²) in [4.78, 5) is 0. The fraction of sp³-hybridized carbons (Fsp3) is 0.235. The van der Waals surface area contributed by atoms with Crippen molar-refractivity contribution in [2.45, 2.75) is 5.54 Å². The molecule has 0 radical (unpaired) electrons. The van der Waals surface area contributed by atoms with E-state index in [1.54, 1.807) is 20.2 Å². The summed E-state index contributed by atoms with van der Waals surface area (Å²) in [6.07, 6.45) is 0. The van der Waals surface area contributed by atoms with Gasteiger partial charge in [-0.3, -0.25) is 5.32 Å². The molecule has 2 rings (SSSR count). The molecule has 1 N–H and O–H groups in total. The average Bonchev–Trinajstić information content (AvgIpc) is 2.57. The lowest BCUT2D eigenvalue weighted by Gasteiger charge is -2.26. The molecule has 0 aromatic heterocycles. The molecule has 4 nitrogen and oxygen atoms in total. The Morgan fingerprint density at radius 3 is 2.43 bits per heavy atom. The number of rotatable bonds is 6. The van der Waals surface area contributed by atoms with Crippen LogP contribution < -0.4 is 14.8 Å². The van der Waals surface area contributed by atoms with Crippen molar-refractivity contribution in [3.8, 4) is 17.6 Å². The molecule has 0 fully saturated rings. The molecule has 0 saturated carbocycles. The van der Waals surface area contributed by atoms with E-state index in [-0.39, 0.29) is 6.61 Å². The summed E-state index contributed by atoms with van der Waals surface area (Å²) in [5.74, 6) is 1.39. The smallest absolute Gasteiger partial charge is 0.166 e. The number of ether oxygens (including phenoxy) is 2. The van der Waals surface area contributed by atoms with Crippen LogP contribution in [0.15, 0.2) is 54.6 Å². The highest BCUT2D eigenvalue weighted by atomic mass is 16.5. The monoisotopic (exact) mass is 282 g/mol. The molecular weight excluding hydrogens is 264 g/mol. The van der Waals surface area contributed by atoms with Crippen LogP contribution in [0.2, 0.25) is 0 Å². The summed E-state index contributed by atoms with van der Waals surface area (Å²) < 4.78 is 10.9. The first-order valence-corrected chi connectivity index (χ1v) is 6.66. The number of benzene rings is 2. The van der Waals surface area contributed by atoms with E-state index >= 15 is 0 Å². The van der Waals surface area contributed by atoms with Crippen molar-refractivity contribution in [3.63, 3.8) is 0 Å². The summed E-state index contributed by atoms with van der Waals surface area (Å²) in [7, 11) is 3.36. The highest BCUT2D eigenvalue weighted by Crippen LogP contribution is 2.24. The molecule has 108 valence electrons. The van der Waals surface area contributed by atoms with Crippen LogP contribution in [-0.4, -0.2) is 20.8 Å². The van der Waals surface area contributed by atoms with Gasteiger partial charge < -0.3 is 9.47 Å². The SMILES string of the molecule is CNC(C#N)(COc1cccc(OC)c1)c1ccccc1. The van der Waals surface area contributed by atoms with Crippen molar-refractivity contribution >= 4 is 0 Å². The summed E-state index contributed by atoms with van der Waals surface area (Å²) in [5, 5.41) is 12.7. The van der Waals surface area contributed by atoms with Gasteiger partial charge in [0.05, 0.1) is 13.2 Å². The Bertz CT molecular complexity index is 622. The second-order valence-corrected chi connectivity index (χ2v) is 4.60. The van der Waals surface area contributed by atoms with Crippen LogP contribution in [0.1, 0.15) is 5.56 Å². The van der Waals surface area contributed by atoms with Gasteiger partial charge in [0.1, 0.15) is 18.1 Å². The third-order valence-corrected chi connectivity index (χ3v) is 3.38. The Morgan fingerprint density at radius 2 is 1.81 bits per heavy atom. The lowest BCUT2D eigenvalue weighted by Crippen LogP contribution is -2.44. The predicted molar refractivity (Wildman–Crippen MR) is 81.3 cm³/mol. The van der Waals surface area contributed by atoms with Crippen LogP contribution in [0.25, 0.3) is 0 Å². The van der Waals surface area contributed by atoms with E-state index in [1.807, 2.05) is 48.5 Å². The van der Waals surface area contributed by atoms with Gasteiger partial charge in [-0.15, -0.1) is 0 Å². The molecule has 0 aliphatic rings. The van der Waals surface area contributed by atoms with E-state index in [0.717, 1.165) is 11.3 Å². The van der Waals surface area contributed by atoms with Crippen molar-refractivity contribution in [1.29, 1.82) is 5.26 Å². The maximum atomic E-state index is 9.59. The van der Waals surface area contributed by atoms with Gasteiger partial charge >= 0.3 is 0 Å². The highest BCUT2D eigenvalue weighted by Gasteiger charge is 2.31. The highest BCUT2D eigenvalue weighted by molar-refractivity contribution is 5.35. The minimum atomic E-state index is -0.885. The normalized spacial score (nSPS) is 13.0. The lowest BCUT2D eigenvalue weighted by molar-refractivity contribution is 0.230. The van der Waals surface area contributed by atoms with Gasteiger partial charge in [-0.1, -0.05) is 36.4 Å². The Kier molecular flexibility index (Phi) is 4.81.